The fraction of sp³-hybridized carbons (Fsp3) is 0.375. The van der Waals surface area contributed by atoms with Gasteiger partial charge >= 0.3 is 0 Å². The lowest BCUT2D eigenvalue weighted by Crippen LogP contribution is -2.26. The number of thiophene rings is 1. The maximum absolute atomic E-state index is 3.50. The number of benzene rings is 3. The molecule has 2 nitrogen and oxygen atoms in total. The largest absolute Gasteiger partial charge is 0.366 e. The Bertz CT molecular complexity index is 1340. The second kappa shape index (κ2) is 11.0. The molecule has 1 aliphatic carbocycles. The molecule has 3 heteroatoms. The maximum atomic E-state index is 3.50. The third-order valence-electron chi connectivity index (χ3n) is 7.39. The number of unbranched alkanes of at least 4 members (excludes halogenated alkanes) is 1. The van der Waals surface area contributed by atoms with Crippen molar-refractivity contribution >= 4 is 37.9 Å². The van der Waals surface area contributed by atoms with Gasteiger partial charge in [0.15, 0.2) is 0 Å². The van der Waals surface area contributed by atoms with Gasteiger partial charge < -0.3 is 10.2 Å². The van der Waals surface area contributed by atoms with Crippen molar-refractivity contribution in [2.24, 2.45) is 0 Å². The van der Waals surface area contributed by atoms with E-state index in [0.29, 0.717) is 0 Å². The van der Waals surface area contributed by atoms with Crippen LogP contribution >= 0.6 is 11.3 Å². The number of nitrogens with zero attached hydrogens (tertiary/aromatic N) is 1. The van der Waals surface area contributed by atoms with Crippen LogP contribution in [0.4, 0.5) is 0 Å². The van der Waals surface area contributed by atoms with Crippen molar-refractivity contribution in [3.63, 3.8) is 0 Å². The third kappa shape index (κ3) is 5.32. The van der Waals surface area contributed by atoms with Gasteiger partial charge in [-0.25, -0.2) is 0 Å². The highest BCUT2D eigenvalue weighted by Crippen LogP contribution is 2.43. The van der Waals surface area contributed by atoms with E-state index in [1.165, 1.54) is 80.2 Å². The molecule has 1 fully saturated rings. The van der Waals surface area contributed by atoms with Gasteiger partial charge in [-0.3, -0.25) is 0 Å². The lowest BCUT2D eigenvalue weighted by atomic mass is 9.88. The predicted octanol–water partition coefficient (Wildman–Crippen LogP) is 8.46. The number of rotatable bonds is 10. The van der Waals surface area contributed by atoms with Gasteiger partial charge in [-0.1, -0.05) is 55.5 Å². The fourth-order valence-electron chi connectivity index (χ4n) is 5.23. The zero-order chi connectivity index (χ0) is 24.2. The Hall–Kier alpha value is -2.62. The second-order valence-corrected chi connectivity index (χ2v) is 11.1. The number of fused-ring (bicyclic) bond motifs is 2. The van der Waals surface area contributed by atoms with Crippen LogP contribution < -0.4 is 5.32 Å². The first-order chi connectivity index (χ1) is 17.1. The summed E-state index contributed by atoms with van der Waals surface area (Å²) in [5, 5.41) is 7.58. The van der Waals surface area contributed by atoms with Gasteiger partial charge in [0.25, 0.3) is 0 Å². The van der Waals surface area contributed by atoms with E-state index in [0.717, 1.165) is 26.2 Å². The normalized spacial score (nSPS) is 13.4. The monoisotopic (exact) mass is 482 g/mol. The van der Waals surface area contributed by atoms with Crippen LogP contribution in [0.15, 0.2) is 66.2 Å². The minimum atomic E-state index is 0.970. The summed E-state index contributed by atoms with van der Waals surface area (Å²) in [7, 11) is 0. The molecule has 0 bridgehead atoms. The fourth-order valence-corrected chi connectivity index (χ4v) is 6.66. The molecule has 0 radical (unpaired) electrons. The number of hydrogen-bond donors (Lipinski definition) is 1. The molecule has 1 N–H and O–H groups in total. The number of nitrogens with one attached hydrogen (secondary N) is 1. The van der Waals surface area contributed by atoms with Gasteiger partial charge in [-0.05, 0) is 110 Å². The van der Waals surface area contributed by atoms with Crippen molar-refractivity contribution in [1.82, 2.24) is 10.2 Å². The zero-order valence-corrected chi connectivity index (χ0v) is 22.3. The Balaban J connectivity index is 1.52. The molecule has 35 heavy (non-hydrogen) atoms. The molecule has 182 valence electrons. The van der Waals surface area contributed by atoms with E-state index in [4.69, 9.17) is 0 Å². The Labute approximate surface area is 214 Å². The molecule has 0 amide bonds. The van der Waals surface area contributed by atoms with Gasteiger partial charge in [0, 0.05) is 17.8 Å². The molecule has 0 saturated heterocycles. The first-order valence-corrected chi connectivity index (χ1v) is 14.1. The number of allylic oxidation sites excluding steroid dienone is 1. The van der Waals surface area contributed by atoms with E-state index in [2.05, 4.69) is 91.7 Å². The van der Waals surface area contributed by atoms with Crippen LogP contribution in [0.5, 0.6) is 0 Å². The van der Waals surface area contributed by atoms with Crippen LogP contribution in [-0.2, 0) is 6.54 Å². The minimum absolute atomic E-state index is 0.970. The van der Waals surface area contributed by atoms with Crippen LogP contribution in [0, 0.1) is 13.8 Å². The van der Waals surface area contributed by atoms with Crippen molar-refractivity contribution in [2.45, 2.75) is 59.4 Å². The van der Waals surface area contributed by atoms with E-state index in [9.17, 15) is 0 Å². The minimum Gasteiger partial charge on any atom is -0.366 e. The van der Waals surface area contributed by atoms with E-state index < -0.39 is 0 Å². The third-order valence-corrected chi connectivity index (χ3v) is 8.65. The van der Waals surface area contributed by atoms with Gasteiger partial charge in [0.1, 0.15) is 0 Å². The summed E-state index contributed by atoms with van der Waals surface area (Å²) in [5.41, 5.74) is 7.39. The van der Waals surface area contributed by atoms with Crippen molar-refractivity contribution in [3.05, 3.63) is 87.8 Å². The molecular formula is C32H38N2S. The highest BCUT2D eigenvalue weighted by molar-refractivity contribution is 7.20. The lowest BCUT2D eigenvalue weighted by molar-refractivity contribution is 0.370. The molecule has 4 aromatic rings. The molecule has 1 saturated carbocycles. The summed E-state index contributed by atoms with van der Waals surface area (Å²) in [4.78, 5) is 4.21. The van der Waals surface area contributed by atoms with Gasteiger partial charge in [-0.15, -0.1) is 11.3 Å². The first-order valence-electron chi connectivity index (χ1n) is 13.3. The predicted molar refractivity (Wildman–Crippen MR) is 154 cm³/mol. The van der Waals surface area contributed by atoms with Gasteiger partial charge in [0.2, 0.25) is 0 Å². The topological polar surface area (TPSA) is 15.3 Å². The Morgan fingerprint density at radius 2 is 1.77 bits per heavy atom. The molecule has 1 heterocycles. The van der Waals surface area contributed by atoms with Crippen LogP contribution in [-0.4, -0.2) is 24.5 Å². The second-order valence-electron chi connectivity index (χ2n) is 10.0. The first kappa shape index (κ1) is 24.1. The molecule has 5 rings (SSSR count). The van der Waals surface area contributed by atoms with Crippen LogP contribution in [0.25, 0.3) is 26.6 Å². The van der Waals surface area contributed by atoms with Crippen LogP contribution in [0.2, 0.25) is 0 Å². The molecule has 0 unspecified atom stereocenters. The summed E-state index contributed by atoms with van der Waals surface area (Å²) in [5.74, 6) is 0. The molecule has 0 aliphatic heterocycles. The smallest absolute Gasteiger partial charge is 0.0545 e. The van der Waals surface area contributed by atoms with Crippen LogP contribution in [0.1, 0.15) is 60.6 Å². The molecule has 0 atom stereocenters. The number of aryl methyl sites for hydroxylation is 2. The highest BCUT2D eigenvalue weighted by Gasteiger charge is 2.25. The van der Waals surface area contributed by atoms with E-state index >= 15 is 0 Å². The summed E-state index contributed by atoms with van der Waals surface area (Å²) >= 11 is 2.00. The van der Waals surface area contributed by atoms with Crippen molar-refractivity contribution in [1.29, 1.82) is 0 Å². The lowest BCUT2D eigenvalue weighted by Gasteiger charge is -2.33. The maximum Gasteiger partial charge on any atom is 0.0545 e. The van der Waals surface area contributed by atoms with Gasteiger partial charge in [-0.2, -0.15) is 0 Å². The highest BCUT2D eigenvalue weighted by atomic mass is 32.1. The van der Waals surface area contributed by atoms with Crippen molar-refractivity contribution in [3.8, 4) is 0 Å². The van der Waals surface area contributed by atoms with Gasteiger partial charge in [0.05, 0.1) is 10.6 Å². The van der Waals surface area contributed by atoms with Crippen LogP contribution in [0.3, 0.4) is 0 Å². The van der Waals surface area contributed by atoms with Crippen molar-refractivity contribution < 1.29 is 0 Å². The summed E-state index contributed by atoms with van der Waals surface area (Å²) in [6, 6.07) is 22.7. The Kier molecular flexibility index (Phi) is 7.55. The molecule has 1 aromatic heterocycles. The summed E-state index contributed by atoms with van der Waals surface area (Å²) in [6.07, 6.45) is 6.24. The SMILES string of the molecule is CCNCCCCN(Cc1ccc2ccccc2c1)C(=C1CCC1)c1sc2cc(C)ccc2c1C. The zero-order valence-electron chi connectivity index (χ0n) is 21.5. The van der Waals surface area contributed by atoms with Crippen molar-refractivity contribution in [2.75, 3.05) is 19.6 Å². The van der Waals surface area contributed by atoms with E-state index in [-0.39, 0.29) is 0 Å². The Morgan fingerprint density at radius 3 is 2.54 bits per heavy atom. The molecule has 3 aromatic carbocycles. The van der Waals surface area contributed by atoms with E-state index in [1.807, 2.05) is 11.3 Å². The standard InChI is InChI=1S/C32H38N2S/c1-4-33-18-7-8-19-34(22-25-15-16-26-10-5-6-11-28(26)21-25)31(27-12-9-13-27)32-24(3)29-17-14-23(2)20-30(29)35-32/h5-6,10-11,14-17,20-21,33H,4,7-9,12-13,18-19,22H2,1-3H3. The Morgan fingerprint density at radius 1 is 0.943 bits per heavy atom. The molecular weight excluding hydrogens is 444 g/mol. The molecule has 1 aliphatic rings. The summed E-state index contributed by atoms with van der Waals surface area (Å²) < 4.78 is 1.42. The quantitative estimate of drug-likeness (QED) is 0.228. The molecule has 0 spiro atoms. The average molecular weight is 483 g/mol. The van der Waals surface area contributed by atoms with E-state index in [1.54, 1.807) is 5.57 Å². The summed E-state index contributed by atoms with van der Waals surface area (Å²) in [6.45, 7) is 11.0. The number of hydrogen-bond acceptors (Lipinski definition) is 3. The average Bonchev–Trinajstić information content (AvgIpc) is 3.15.